The third-order valence-electron chi connectivity index (χ3n) is 2.34. The third kappa shape index (κ3) is 5.69. The largest absolute Gasteiger partial charge is 0.477 e. The van der Waals surface area contributed by atoms with Crippen LogP contribution in [-0.2, 0) is 6.54 Å². The fraction of sp³-hybridized carbons (Fsp3) is 0.643. The Morgan fingerprint density at radius 1 is 1.28 bits per heavy atom. The lowest BCUT2D eigenvalue weighted by molar-refractivity contribution is 0.261. The molecule has 0 amide bonds. The first-order valence-electron chi connectivity index (χ1n) is 6.47. The Morgan fingerprint density at radius 2 is 2.00 bits per heavy atom. The van der Waals surface area contributed by atoms with E-state index in [0.717, 1.165) is 18.7 Å². The van der Waals surface area contributed by atoms with Gasteiger partial charge in [0.15, 0.2) is 0 Å². The van der Waals surface area contributed by atoms with E-state index < -0.39 is 0 Å². The maximum atomic E-state index is 6.12. The quantitative estimate of drug-likeness (QED) is 0.823. The lowest BCUT2D eigenvalue weighted by Gasteiger charge is -2.11. The van der Waals surface area contributed by atoms with Gasteiger partial charge in [-0.2, -0.15) is 0 Å². The van der Waals surface area contributed by atoms with Crippen LogP contribution in [0.25, 0.3) is 0 Å². The molecule has 0 aliphatic rings. The van der Waals surface area contributed by atoms with Crippen molar-refractivity contribution in [2.45, 2.75) is 34.2 Å². The highest BCUT2D eigenvalue weighted by molar-refractivity contribution is 6.31. The molecule has 0 spiro atoms. The maximum absolute atomic E-state index is 6.12. The van der Waals surface area contributed by atoms with Gasteiger partial charge in [0.25, 0.3) is 0 Å². The van der Waals surface area contributed by atoms with Gasteiger partial charge in [-0.1, -0.05) is 39.3 Å². The molecule has 0 bridgehead atoms. The summed E-state index contributed by atoms with van der Waals surface area (Å²) in [5.41, 5.74) is 1.03. The SMILES string of the molecule is CC(C)CNCc1cc(OCC(C)C)ncc1Cl. The molecule has 18 heavy (non-hydrogen) atoms. The van der Waals surface area contributed by atoms with Gasteiger partial charge in [0, 0.05) is 18.8 Å². The summed E-state index contributed by atoms with van der Waals surface area (Å²) in [5.74, 6) is 1.77. The first kappa shape index (κ1) is 15.3. The van der Waals surface area contributed by atoms with Crippen LogP contribution in [0.3, 0.4) is 0 Å². The minimum absolute atomic E-state index is 0.491. The van der Waals surface area contributed by atoms with Crippen LogP contribution in [0.1, 0.15) is 33.3 Å². The zero-order valence-corrected chi connectivity index (χ0v) is 12.4. The minimum Gasteiger partial charge on any atom is -0.477 e. The van der Waals surface area contributed by atoms with Gasteiger partial charge in [-0.15, -0.1) is 0 Å². The summed E-state index contributed by atoms with van der Waals surface area (Å²) < 4.78 is 5.59. The van der Waals surface area contributed by atoms with Crippen molar-refractivity contribution in [2.24, 2.45) is 11.8 Å². The van der Waals surface area contributed by atoms with E-state index in [-0.39, 0.29) is 0 Å². The molecule has 0 atom stereocenters. The number of pyridine rings is 1. The molecular formula is C14H23ClN2O. The number of hydrogen-bond acceptors (Lipinski definition) is 3. The minimum atomic E-state index is 0.491. The normalized spacial score (nSPS) is 11.3. The van der Waals surface area contributed by atoms with Crippen LogP contribution in [0.4, 0.5) is 0 Å². The Morgan fingerprint density at radius 3 is 2.61 bits per heavy atom. The van der Waals surface area contributed by atoms with Crippen LogP contribution in [0, 0.1) is 11.8 Å². The fourth-order valence-corrected chi connectivity index (χ4v) is 1.59. The Kier molecular flexibility index (Phi) is 6.44. The average Bonchev–Trinajstić information content (AvgIpc) is 2.29. The molecule has 0 aliphatic carbocycles. The number of nitrogens with one attached hydrogen (secondary N) is 1. The van der Waals surface area contributed by atoms with E-state index in [0.29, 0.717) is 29.3 Å². The molecular weight excluding hydrogens is 248 g/mol. The van der Waals surface area contributed by atoms with Gasteiger partial charge in [0.2, 0.25) is 5.88 Å². The summed E-state index contributed by atoms with van der Waals surface area (Å²) in [6.45, 7) is 11.0. The zero-order valence-electron chi connectivity index (χ0n) is 11.7. The molecule has 3 nitrogen and oxygen atoms in total. The highest BCUT2D eigenvalue weighted by Gasteiger charge is 2.05. The van der Waals surface area contributed by atoms with Crippen LogP contribution >= 0.6 is 11.6 Å². The van der Waals surface area contributed by atoms with Crippen molar-refractivity contribution in [3.05, 3.63) is 22.8 Å². The van der Waals surface area contributed by atoms with Gasteiger partial charge in [0.05, 0.1) is 11.6 Å². The summed E-state index contributed by atoms with van der Waals surface area (Å²) in [6.07, 6.45) is 1.66. The van der Waals surface area contributed by atoms with Gasteiger partial charge in [-0.05, 0) is 23.9 Å². The Balaban J connectivity index is 2.57. The molecule has 1 N–H and O–H groups in total. The van der Waals surface area contributed by atoms with E-state index in [4.69, 9.17) is 16.3 Å². The first-order valence-corrected chi connectivity index (χ1v) is 6.84. The van der Waals surface area contributed by atoms with E-state index in [1.807, 2.05) is 6.07 Å². The van der Waals surface area contributed by atoms with Crippen molar-refractivity contribution >= 4 is 11.6 Å². The molecule has 102 valence electrons. The molecule has 1 heterocycles. The van der Waals surface area contributed by atoms with Crippen molar-refractivity contribution in [2.75, 3.05) is 13.2 Å². The van der Waals surface area contributed by atoms with Crippen LogP contribution in [0.2, 0.25) is 5.02 Å². The van der Waals surface area contributed by atoms with Gasteiger partial charge in [-0.3, -0.25) is 0 Å². The summed E-state index contributed by atoms with van der Waals surface area (Å²) in [6, 6.07) is 1.91. The van der Waals surface area contributed by atoms with Gasteiger partial charge in [0.1, 0.15) is 0 Å². The topological polar surface area (TPSA) is 34.1 Å². The zero-order chi connectivity index (χ0) is 13.5. The third-order valence-corrected chi connectivity index (χ3v) is 2.68. The summed E-state index contributed by atoms with van der Waals surface area (Å²) >= 11 is 6.12. The molecule has 0 unspecified atom stereocenters. The molecule has 0 fully saturated rings. The highest BCUT2D eigenvalue weighted by atomic mass is 35.5. The highest BCUT2D eigenvalue weighted by Crippen LogP contribution is 2.19. The van der Waals surface area contributed by atoms with Gasteiger partial charge < -0.3 is 10.1 Å². The molecule has 1 aromatic heterocycles. The second kappa shape index (κ2) is 7.59. The van der Waals surface area contributed by atoms with Crippen LogP contribution in [0.15, 0.2) is 12.3 Å². The lowest BCUT2D eigenvalue weighted by Crippen LogP contribution is -2.19. The monoisotopic (exact) mass is 270 g/mol. The van der Waals surface area contributed by atoms with E-state index in [9.17, 15) is 0 Å². The predicted molar refractivity (Wildman–Crippen MR) is 76.1 cm³/mol. The Bertz CT molecular complexity index is 367. The molecule has 0 aromatic carbocycles. The number of aromatic nitrogens is 1. The van der Waals surface area contributed by atoms with E-state index >= 15 is 0 Å². The van der Waals surface area contributed by atoms with Gasteiger partial charge >= 0.3 is 0 Å². The van der Waals surface area contributed by atoms with E-state index in [1.165, 1.54) is 0 Å². The lowest BCUT2D eigenvalue weighted by atomic mass is 10.2. The van der Waals surface area contributed by atoms with Crippen molar-refractivity contribution in [3.63, 3.8) is 0 Å². The van der Waals surface area contributed by atoms with E-state index in [2.05, 4.69) is 38.0 Å². The van der Waals surface area contributed by atoms with Crippen molar-refractivity contribution in [1.82, 2.24) is 10.3 Å². The smallest absolute Gasteiger partial charge is 0.213 e. The fourth-order valence-electron chi connectivity index (χ4n) is 1.42. The number of hydrogen-bond donors (Lipinski definition) is 1. The second-order valence-corrected chi connectivity index (χ2v) is 5.75. The Labute approximate surface area is 115 Å². The van der Waals surface area contributed by atoms with Crippen molar-refractivity contribution < 1.29 is 4.74 Å². The molecule has 1 aromatic rings. The van der Waals surface area contributed by atoms with Crippen LogP contribution < -0.4 is 10.1 Å². The van der Waals surface area contributed by atoms with E-state index in [1.54, 1.807) is 6.20 Å². The first-order chi connectivity index (χ1) is 8.49. The van der Waals surface area contributed by atoms with Crippen molar-refractivity contribution in [1.29, 1.82) is 0 Å². The predicted octanol–water partition coefficient (Wildman–Crippen LogP) is 3.52. The van der Waals surface area contributed by atoms with Gasteiger partial charge in [-0.25, -0.2) is 4.98 Å². The number of halogens is 1. The summed E-state index contributed by atoms with van der Waals surface area (Å²) in [4.78, 5) is 4.17. The molecule has 1 rings (SSSR count). The molecule has 0 radical (unpaired) electrons. The Hall–Kier alpha value is -0.800. The molecule has 4 heteroatoms. The number of ether oxygens (including phenoxy) is 1. The number of rotatable bonds is 7. The second-order valence-electron chi connectivity index (χ2n) is 5.34. The number of nitrogens with zero attached hydrogens (tertiary/aromatic N) is 1. The molecule has 0 saturated heterocycles. The maximum Gasteiger partial charge on any atom is 0.213 e. The molecule has 0 aliphatic heterocycles. The van der Waals surface area contributed by atoms with Crippen LogP contribution in [-0.4, -0.2) is 18.1 Å². The van der Waals surface area contributed by atoms with Crippen molar-refractivity contribution in [3.8, 4) is 5.88 Å². The molecule has 0 saturated carbocycles. The summed E-state index contributed by atoms with van der Waals surface area (Å²) in [5, 5.41) is 4.05. The summed E-state index contributed by atoms with van der Waals surface area (Å²) in [7, 11) is 0. The van der Waals surface area contributed by atoms with Crippen LogP contribution in [0.5, 0.6) is 5.88 Å². The average molecular weight is 271 g/mol. The standard InChI is InChI=1S/C14H23ClN2O/c1-10(2)6-16-7-12-5-14(17-8-13(12)15)18-9-11(3)4/h5,8,10-11,16H,6-7,9H2,1-4H3.